The van der Waals surface area contributed by atoms with Gasteiger partial charge in [0, 0.05) is 25.1 Å². The number of urea groups is 1. The van der Waals surface area contributed by atoms with Crippen molar-refractivity contribution in [2.24, 2.45) is 0 Å². The van der Waals surface area contributed by atoms with Crippen molar-refractivity contribution in [2.75, 3.05) is 37.4 Å². The third kappa shape index (κ3) is 6.78. The van der Waals surface area contributed by atoms with E-state index in [2.05, 4.69) is 31.4 Å². The van der Waals surface area contributed by atoms with Crippen LogP contribution in [-0.4, -0.2) is 53.4 Å². The topological polar surface area (TPSA) is 88.5 Å². The number of para-hydroxylation sites is 2. The van der Waals surface area contributed by atoms with Crippen molar-refractivity contribution < 1.29 is 14.3 Å². The number of halogens is 2. The average Bonchev–Trinajstić information content (AvgIpc) is 3.23. The Bertz CT molecular complexity index is 1220. The molecular weight excluding hydrogens is 501 g/mol. The van der Waals surface area contributed by atoms with E-state index < -0.39 is 6.03 Å². The summed E-state index contributed by atoms with van der Waals surface area (Å²) in [5.74, 6) is 0.127. The fraction of sp³-hybridized carbons (Fsp3) is 0.346. The van der Waals surface area contributed by atoms with Crippen LogP contribution in [-0.2, 0) is 14.9 Å². The normalized spacial score (nSPS) is 11.3. The highest BCUT2D eigenvalue weighted by molar-refractivity contribution is 6.39. The number of ether oxygens (including phenoxy) is 1. The lowest BCUT2D eigenvalue weighted by atomic mass is 9.92. The molecule has 0 bridgehead atoms. The standard InChI is InChI=1S/C26H31Cl2N5O3/c1-17-9-6-7-12-20(17)33-22(15-21(31-33)26(2,3)4)29-23(34)16-32(13-14-36-5)25(35)30-24-18(27)10-8-11-19(24)28/h6-12,15H,13-14,16H2,1-5H3,(H,29,34)(H,30,35). The van der Waals surface area contributed by atoms with Gasteiger partial charge in [0.25, 0.3) is 0 Å². The Kier molecular flexibility index (Phi) is 9.00. The Balaban J connectivity index is 1.84. The summed E-state index contributed by atoms with van der Waals surface area (Å²) in [5.41, 5.74) is 2.73. The van der Waals surface area contributed by atoms with Crippen LogP contribution in [0.5, 0.6) is 0 Å². The smallest absolute Gasteiger partial charge is 0.322 e. The fourth-order valence-corrected chi connectivity index (χ4v) is 3.93. The number of anilines is 2. The van der Waals surface area contributed by atoms with Crippen molar-refractivity contribution in [2.45, 2.75) is 33.1 Å². The third-order valence-corrected chi connectivity index (χ3v) is 6.10. The third-order valence-electron chi connectivity index (χ3n) is 5.47. The molecule has 2 N–H and O–H groups in total. The van der Waals surface area contributed by atoms with E-state index in [0.717, 1.165) is 16.9 Å². The van der Waals surface area contributed by atoms with Crippen LogP contribution in [0.15, 0.2) is 48.5 Å². The van der Waals surface area contributed by atoms with Crippen LogP contribution in [0.25, 0.3) is 5.69 Å². The predicted octanol–water partition coefficient (Wildman–Crippen LogP) is 5.90. The number of hydrogen-bond donors (Lipinski definition) is 2. The lowest BCUT2D eigenvalue weighted by Crippen LogP contribution is -2.42. The SMILES string of the molecule is COCCN(CC(=O)Nc1cc(C(C)(C)C)nn1-c1ccccc1C)C(=O)Nc1c(Cl)cccc1Cl. The number of nitrogens with one attached hydrogen (secondary N) is 2. The second-order valence-corrected chi connectivity index (χ2v) is 10.2. The van der Waals surface area contributed by atoms with Crippen LogP contribution >= 0.6 is 23.2 Å². The fourth-order valence-electron chi connectivity index (χ4n) is 3.43. The maximum absolute atomic E-state index is 13.1. The van der Waals surface area contributed by atoms with E-state index in [1.54, 1.807) is 22.9 Å². The van der Waals surface area contributed by atoms with E-state index in [1.165, 1.54) is 12.0 Å². The largest absolute Gasteiger partial charge is 0.383 e. The Labute approximate surface area is 221 Å². The molecule has 0 saturated carbocycles. The summed E-state index contributed by atoms with van der Waals surface area (Å²) in [6.45, 7) is 8.35. The number of nitrogens with zero attached hydrogens (tertiary/aromatic N) is 3. The van der Waals surface area contributed by atoms with Crippen molar-refractivity contribution >= 4 is 46.6 Å². The molecular formula is C26H31Cl2N5O3. The van der Waals surface area contributed by atoms with Gasteiger partial charge in [-0.15, -0.1) is 0 Å². The predicted molar refractivity (Wildman–Crippen MR) is 145 cm³/mol. The molecule has 3 rings (SSSR count). The van der Waals surface area contributed by atoms with Crippen molar-refractivity contribution in [3.63, 3.8) is 0 Å². The molecule has 0 radical (unpaired) electrons. The number of carbonyl (C=O) groups excluding carboxylic acids is 2. The number of aryl methyl sites for hydroxylation is 1. The summed E-state index contributed by atoms with van der Waals surface area (Å²) in [7, 11) is 1.52. The lowest BCUT2D eigenvalue weighted by Gasteiger charge is -2.23. The molecule has 10 heteroatoms. The summed E-state index contributed by atoms with van der Waals surface area (Å²) in [5, 5.41) is 11.0. The Morgan fingerprint density at radius 2 is 1.72 bits per heavy atom. The van der Waals surface area contributed by atoms with Gasteiger partial charge in [0.1, 0.15) is 12.4 Å². The van der Waals surface area contributed by atoms with Crippen LogP contribution in [0.1, 0.15) is 32.0 Å². The molecule has 3 amide bonds. The highest BCUT2D eigenvalue weighted by Crippen LogP contribution is 2.30. The minimum absolute atomic E-state index is 0.183. The Morgan fingerprint density at radius 1 is 1.06 bits per heavy atom. The lowest BCUT2D eigenvalue weighted by molar-refractivity contribution is -0.116. The van der Waals surface area contributed by atoms with Gasteiger partial charge in [-0.2, -0.15) is 5.10 Å². The average molecular weight is 532 g/mol. The first kappa shape index (κ1) is 27.5. The first-order valence-electron chi connectivity index (χ1n) is 11.5. The molecule has 192 valence electrons. The molecule has 0 unspecified atom stereocenters. The number of carbonyl (C=O) groups is 2. The molecule has 3 aromatic rings. The summed E-state index contributed by atoms with van der Waals surface area (Å²) in [4.78, 5) is 27.5. The molecule has 0 aliphatic heterocycles. The van der Waals surface area contributed by atoms with Gasteiger partial charge >= 0.3 is 6.03 Å². The Hall–Kier alpha value is -3.07. The maximum atomic E-state index is 13.1. The Morgan fingerprint density at radius 3 is 2.33 bits per heavy atom. The number of aromatic nitrogens is 2. The molecule has 0 saturated heterocycles. The zero-order chi connectivity index (χ0) is 26.5. The van der Waals surface area contributed by atoms with Gasteiger partial charge in [0.05, 0.1) is 33.7 Å². The van der Waals surface area contributed by atoms with Crippen molar-refractivity contribution in [3.05, 3.63) is 69.8 Å². The van der Waals surface area contributed by atoms with Crippen molar-refractivity contribution in [1.29, 1.82) is 0 Å². The number of benzene rings is 2. The zero-order valence-electron chi connectivity index (χ0n) is 21.1. The highest BCUT2D eigenvalue weighted by atomic mass is 35.5. The van der Waals surface area contributed by atoms with E-state index >= 15 is 0 Å². The van der Waals surface area contributed by atoms with Crippen molar-refractivity contribution in [3.8, 4) is 5.69 Å². The molecule has 36 heavy (non-hydrogen) atoms. The molecule has 0 aliphatic rings. The molecule has 0 atom stereocenters. The minimum atomic E-state index is -0.528. The van der Waals surface area contributed by atoms with Crippen molar-refractivity contribution in [1.82, 2.24) is 14.7 Å². The van der Waals surface area contributed by atoms with Crippen LogP contribution < -0.4 is 10.6 Å². The molecule has 1 heterocycles. The minimum Gasteiger partial charge on any atom is -0.383 e. The summed E-state index contributed by atoms with van der Waals surface area (Å²) in [6, 6.07) is 14.0. The van der Waals surface area contributed by atoms with Gasteiger partial charge in [0.2, 0.25) is 5.91 Å². The van der Waals surface area contributed by atoms with Crippen LogP contribution in [0.3, 0.4) is 0 Å². The van der Waals surface area contributed by atoms with E-state index in [9.17, 15) is 9.59 Å². The molecule has 2 aromatic carbocycles. The van der Waals surface area contributed by atoms with Gasteiger partial charge in [-0.1, -0.05) is 68.2 Å². The van der Waals surface area contributed by atoms with E-state index in [1.807, 2.05) is 37.3 Å². The molecule has 1 aromatic heterocycles. The number of methoxy groups -OCH3 is 1. The van der Waals surface area contributed by atoms with Gasteiger partial charge in [-0.3, -0.25) is 4.79 Å². The van der Waals surface area contributed by atoms with Gasteiger partial charge in [0.15, 0.2) is 0 Å². The summed E-state index contributed by atoms with van der Waals surface area (Å²) < 4.78 is 6.85. The second-order valence-electron chi connectivity index (χ2n) is 9.35. The number of amides is 3. The molecule has 8 nitrogen and oxygen atoms in total. The molecule has 0 spiro atoms. The first-order chi connectivity index (χ1) is 17.0. The van der Waals surface area contributed by atoms with Gasteiger partial charge in [-0.05, 0) is 30.7 Å². The van der Waals surface area contributed by atoms with E-state index in [4.69, 9.17) is 33.0 Å². The van der Waals surface area contributed by atoms with Gasteiger partial charge < -0.3 is 20.3 Å². The van der Waals surface area contributed by atoms with Gasteiger partial charge in [-0.25, -0.2) is 9.48 Å². The van der Waals surface area contributed by atoms with Crippen LogP contribution in [0.2, 0.25) is 10.0 Å². The maximum Gasteiger partial charge on any atom is 0.322 e. The first-order valence-corrected chi connectivity index (χ1v) is 12.2. The number of hydrogen-bond acceptors (Lipinski definition) is 4. The van der Waals surface area contributed by atoms with E-state index in [0.29, 0.717) is 15.9 Å². The molecule has 0 aliphatic carbocycles. The molecule has 0 fully saturated rings. The highest BCUT2D eigenvalue weighted by Gasteiger charge is 2.24. The quantitative estimate of drug-likeness (QED) is 0.378. The van der Waals surface area contributed by atoms with Crippen LogP contribution in [0.4, 0.5) is 16.3 Å². The monoisotopic (exact) mass is 531 g/mol. The zero-order valence-corrected chi connectivity index (χ0v) is 22.6. The number of rotatable bonds is 8. The second kappa shape index (κ2) is 11.8. The van der Waals surface area contributed by atoms with Crippen LogP contribution in [0, 0.1) is 6.92 Å². The van der Waals surface area contributed by atoms with E-state index in [-0.39, 0.29) is 36.7 Å². The summed E-state index contributed by atoms with van der Waals surface area (Å²) >= 11 is 12.4. The summed E-state index contributed by atoms with van der Waals surface area (Å²) in [6.07, 6.45) is 0.